The normalized spacial score (nSPS) is 10.1. The molecule has 0 spiro atoms. The van der Waals surface area contributed by atoms with Gasteiger partial charge in [0.1, 0.15) is 0 Å². The minimum absolute atomic E-state index is 0.179. The Kier molecular flexibility index (Phi) is 9.61. The largest absolute Gasteiger partial charge is 0.394 e. The minimum Gasteiger partial charge on any atom is -0.379 e. The van der Waals surface area contributed by atoms with Crippen LogP contribution in [-0.2, 0) is 10.4 Å². The molecule has 80 valence electrons. The fourth-order valence-corrected chi connectivity index (χ4v) is 0.796. The van der Waals surface area contributed by atoms with Crippen LogP contribution in [0.25, 0.3) is 0 Å². The van der Waals surface area contributed by atoms with Crippen molar-refractivity contribution in [3.63, 3.8) is 0 Å². The second-order valence-corrected chi connectivity index (χ2v) is 3.84. The van der Waals surface area contributed by atoms with Crippen LogP contribution in [0.2, 0.25) is 0 Å². The SMILES string of the molecule is N=C(N)SCCCN.O=S(=O)(O)O. The Morgan fingerprint density at radius 1 is 1.46 bits per heavy atom. The first-order valence-electron chi connectivity index (χ1n) is 3.14. The van der Waals surface area contributed by atoms with E-state index in [9.17, 15) is 0 Å². The number of nitrogens with one attached hydrogen (secondary N) is 1. The highest BCUT2D eigenvalue weighted by Crippen LogP contribution is 1.97. The Balaban J connectivity index is 0. The summed E-state index contributed by atoms with van der Waals surface area (Å²) < 4.78 is 31.6. The maximum Gasteiger partial charge on any atom is 0.394 e. The smallest absolute Gasteiger partial charge is 0.379 e. The first kappa shape index (κ1) is 15.1. The van der Waals surface area contributed by atoms with E-state index in [0.29, 0.717) is 6.54 Å². The van der Waals surface area contributed by atoms with E-state index >= 15 is 0 Å². The molecule has 0 aromatic carbocycles. The van der Waals surface area contributed by atoms with E-state index in [0.717, 1.165) is 12.2 Å². The van der Waals surface area contributed by atoms with Crippen LogP contribution in [0.5, 0.6) is 0 Å². The van der Waals surface area contributed by atoms with Crippen LogP contribution >= 0.6 is 11.8 Å². The number of amidine groups is 1. The standard InChI is InChI=1S/C4H11N3S.H2O4S/c5-2-1-3-8-4(6)7;1-5(2,3)4/h1-3,5H2,(H3,6,7);(H2,1,2,3,4). The molecule has 0 fully saturated rings. The molecule has 0 atom stereocenters. The molecule has 0 aliphatic carbocycles. The Morgan fingerprint density at radius 3 is 2.08 bits per heavy atom. The van der Waals surface area contributed by atoms with Crippen molar-refractivity contribution in [2.24, 2.45) is 11.5 Å². The van der Waals surface area contributed by atoms with Crippen molar-refractivity contribution in [1.82, 2.24) is 0 Å². The lowest BCUT2D eigenvalue weighted by molar-refractivity contribution is 0.381. The van der Waals surface area contributed by atoms with Gasteiger partial charge in [0.2, 0.25) is 0 Å². The number of rotatable bonds is 3. The van der Waals surface area contributed by atoms with Crippen LogP contribution in [0.15, 0.2) is 0 Å². The molecule has 7 nitrogen and oxygen atoms in total. The van der Waals surface area contributed by atoms with Crippen LogP contribution < -0.4 is 11.5 Å². The summed E-state index contributed by atoms with van der Waals surface area (Å²) in [5.41, 5.74) is 10.2. The summed E-state index contributed by atoms with van der Waals surface area (Å²) in [7, 11) is -4.67. The van der Waals surface area contributed by atoms with E-state index in [1.165, 1.54) is 11.8 Å². The lowest BCUT2D eigenvalue weighted by atomic mass is 10.5. The highest BCUT2D eigenvalue weighted by Gasteiger charge is 1.87. The van der Waals surface area contributed by atoms with Gasteiger partial charge in [-0.25, -0.2) is 0 Å². The molecule has 0 saturated heterocycles. The van der Waals surface area contributed by atoms with E-state index in [4.69, 9.17) is 34.4 Å². The summed E-state index contributed by atoms with van der Waals surface area (Å²) in [4.78, 5) is 0. The third-order valence-electron chi connectivity index (χ3n) is 0.606. The Hall–Kier alpha value is -0.350. The summed E-state index contributed by atoms with van der Waals surface area (Å²) in [6, 6.07) is 0. The lowest BCUT2D eigenvalue weighted by Crippen LogP contribution is -2.06. The van der Waals surface area contributed by atoms with Crippen molar-refractivity contribution >= 4 is 27.3 Å². The Morgan fingerprint density at radius 2 is 1.85 bits per heavy atom. The summed E-state index contributed by atoms with van der Waals surface area (Å²) >= 11 is 1.34. The zero-order valence-electron chi connectivity index (χ0n) is 6.80. The van der Waals surface area contributed by atoms with Gasteiger partial charge in [0.25, 0.3) is 0 Å². The fraction of sp³-hybridized carbons (Fsp3) is 0.750. The van der Waals surface area contributed by atoms with E-state index in [2.05, 4.69) is 0 Å². The third kappa shape index (κ3) is 50.2. The third-order valence-corrected chi connectivity index (χ3v) is 1.41. The van der Waals surface area contributed by atoms with E-state index in [1.807, 2.05) is 0 Å². The molecule has 0 aliphatic rings. The first-order chi connectivity index (χ1) is 5.77. The van der Waals surface area contributed by atoms with Gasteiger partial charge in [-0.15, -0.1) is 0 Å². The van der Waals surface area contributed by atoms with Crippen molar-refractivity contribution in [3.8, 4) is 0 Å². The van der Waals surface area contributed by atoms with Crippen LogP contribution in [0, 0.1) is 5.41 Å². The molecule has 0 bridgehead atoms. The maximum atomic E-state index is 8.74. The van der Waals surface area contributed by atoms with Gasteiger partial charge in [0.15, 0.2) is 5.17 Å². The number of hydrogen-bond donors (Lipinski definition) is 5. The Labute approximate surface area is 81.0 Å². The monoisotopic (exact) mass is 231 g/mol. The second kappa shape index (κ2) is 8.26. The molecule has 0 aromatic rings. The number of nitrogens with two attached hydrogens (primary N) is 2. The zero-order valence-corrected chi connectivity index (χ0v) is 8.44. The van der Waals surface area contributed by atoms with Gasteiger partial charge in [0, 0.05) is 5.75 Å². The van der Waals surface area contributed by atoms with Gasteiger partial charge >= 0.3 is 10.4 Å². The maximum absolute atomic E-state index is 8.74. The lowest BCUT2D eigenvalue weighted by Gasteiger charge is -1.93. The summed E-state index contributed by atoms with van der Waals surface area (Å²) in [6.45, 7) is 0.681. The van der Waals surface area contributed by atoms with E-state index in [1.54, 1.807) is 0 Å². The predicted octanol–water partition coefficient (Wildman–Crippen LogP) is -0.691. The van der Waals surface area contributed by atoms with E-state index in [-0.39, 0.29) is 5.17 Å². The molecular weight excluding hydrogens is 218 g/mol. The molecule has 13 heavy (non-hydrogen) atoms. The molecule has 0 amide bonds. The molecule has 9 heteroatoms. The first-order valence-corrected chi connectivity index (χ1v) is 5.52. The van der Waals surface area contributed by atoms with Crippen LogP contribution in [0.1, 0.15) is 6.42 Å². The van der Waals surface area contributed by atoms with Gasteiger partial charge < -0.3 is 11.5 Å². The molecule has 7 N–H and O–H groups in total. The molecule has 0 unspecified atom stereocenters. The zero-order chi connectivity index (χ0) is 10.9. The molecule has 0 aromatic heterocycles. The van der Waals surface area contributed by atoms with Gasteiger partial charge in [0.05, 0.1) is 0 Å². The predicted molar refractivity (Wildman–Crippen MR) is 52.2 cm³/mol. The molecule has 0 aliphatic heterocycles. The van der Waals surface area contributed by atoms with Gasteiger partial charge in [-0.3, -0.25) is 14.5 Å². The number of thioether (sulfide) groups is 1. The van der Waals surface area contributed by atoms with Crippen LogP contribution in [0.3, 0.4) is 0 Å². The summed E-state index contributed by atoms with van der Waals surface area (Å²) in [6.07, 6.45) is 0.935. The molecule has 0 radical (unpaired) electrons. The average molecular weight is 231 g/mol. The molecular formula is C4H13N3O4S2. The van der Waals surface area contributed by atoms with E-state index < -0.39 is 10.4 Å². The van der Waals surface area contributed by atoms with Gasteiger partial charge in [-0.1, -0.05) is 11.8 Å². The van der Waals surface area contributed by atoms with Crippen LogP contribution in [0.4, 0.5) is 0 Å². The molecule has 0 heterocycles. The van der Waals surface area contributed by atoms with Crippen molar-refractivity contribution in [3.05, 3.63) is 0 Å². The highest BCUT2D eigenvalue weighted by molar-refractivity contribution is 8.13. The average Bonchev–Trinajstić information content (AvgIpc) is 1.83. The van der Waals surface area contributed by atoms with Crippen molar-refractivity contribution in [2.75, 3.05) is 12.3 Å². The van der Waals surface area contributed by atoms with Crippen molar-refractivity contribution < 1.29 is 17.5 Å². The van der Waals surface area contributed by atoms with Gasteiger partial charge in [-0.2, -0.15) is 8.42 Å². The van der Waals surface area contributed by atoms with Gasteiger partial charge in [-0.05, 0) is 13.0 Å². The van der Waals surface area contributed by atoms with Crippen molar-refractivity contribution in [2.45, 2.75) is 6.42 Å². The van der Waals surface area contributed by atoms with Crippen molar-refractivity contribution in [1.29, 1.82) is 5.41 Å². The molecule has 0 rings (SSSR count). The highest BCUT2D eigenvalue weighted by atomic mass is 32.3. The quantitative estimate of drug-likeness (QED) is 0.186. The molecule has 0 saturated carbocycles. The van der Waals surface area contributed by atoms with Crippen LogP contribution in [-0.4, -0.2) is 35.0 Å². The number of hydrogen-bond acceptors (Lipinski definition) is 5. The topological polar surface area (TPSA) is 150 Å². The summed E-state index contributed by atoms with van der Waals surface area (Å²) in [5, 5.41) is 6.95. The second-order valence-electron chi connectivity index (χ2n) is 1.80. The summed E-state index contributed by atoms with van der Waals surface area (Å²) in [5.74, 6) is 0.867. The minimum atomic E-state index is -4.67. The fourth-order valence-electron chi connectivity index (χ4n) is 0.265. The Bertz CT molecular complexity index is 220.